The van der Waals surface area contributed by atoms with Gasteiger partial charge < -0.3 is 15.3 Å². The summed E-state index contributed by atoms with van der Waals surface area (Å²) < 4.78 is 0.814. The molecule has 6 heteroatoms. The van der Waals surface area contributed by atoms with Gasteiger partial charge >= 0.3 is 5.97 Å². The zero-order valence-corrected chi connectivity index (χ0v) is 11.6. The van der Waals surface area contributed by atoms with Crippen LogP contribution in [0.5, 0.6) is 0 Å². The quantitative estimate of drug-likeness (QED) is 0.876. The van der Waals surface area contributed by atoms with Crippen molar-refractivity contribution in [3.05, 3.63) is 22.2 Å². The summed E-state index contributed by atoms with van der Waals surface area (Å²) in [5, 5.41) is 11.8. The van der Waals surface area contributed by atoms with Gasteiger partial charge in [0, 0.05) is 11.5 Å². The summed E-state index contributed by atoms with van der Waals surface area (Å²) in [5.74, 6) is -1.24. The third-order valence-corrected chi connectivity index (χ3v) is 3.48. The first kappa shape index (κ1) is 12.9. The van der Waals surface area contributed by atoms with Crippen LogP contribution in [0, 0.1) is 6.92 Å². The molecule has 0 spiro atoms. The first-order valence-electron chi connectivity index (χ1n) is 5.46. The second kappa shape index (κ2) is 4.61. The van der Waals surface area contributed by atoms with Gasteiger partial charge in [0.25, 0.3) is 0 Å². The lowest BCUT2D eigenvalue weighted by Crippen LogP contribution is -2.46. The molecule has 0 aliphatic carbocycles. The molecule has 5 nitrogen and oxygen atoms in total. The highest BCUT2D eigenvalue weighted by Crippen LogP contribution is 2.38. The lowest BCUT2D eigenvalue weighted by atomic mass is 10.1. The third kappa shape index (κ3) is 2.20. The Morgan fingerprint density at radius 2 is 2.22 bits per heavy atom. The van der Waals surface area contributed by atoms with E-state index in [-0.39, 0.29) is 12.3 Å². The van der Waals surface area contributed by atoms with Crippen LogP contribution < -0.4 is 10.2 Å². The molecule has 0 saturated heterocycles. The number of fused-ring (bicyclic) bond motifs is 1. The lowest BCUT2D eigenvalue weighted by Gasteiger charge is -2.33. The van der Waals surface area contributed by atoms with Gasteiger partial charge in [-0.25, -0.2) is 0 Å². The zero-order chi connectivity index (χ0) is 13.4. The van der Waals surface area contributed by atoms with Crippen LogP contribution in [0.2, 0.25) is 0 Å². The number of anilines is 2. The van der Waals surface area contributed by atoms with E-state index in [9.17, 15) is 9.59 Å². The van der Waals surface area contributed by atoms with Gasteiger partial charge in [0.05, 0.1) is 17.8 Å². The number of nitrogens with one attached hydrogen (secondary N) is 1. The van der Waals surface area contributed by atoms with Crippen LogP contribution in [-0.2, 0) is 9.59 Å². The Labute approximate surface area is 113 Å². The Kier molecular flexibility index (Phi) is 3.30. The van der Waals surface area contributed by atoms with Crippen molar-refractivity contribution >= 4 is 39.2 Å². The summed E-state index contributed by atoms with van der Waals surface area (Å²) in [4.78, 5) is 24.3. The Balaban J connectivity index is 2.44. The number of carbonyl (C=O) groups is 2. The number of carboxylic acids is 1. The van der Waals surface area contributed by atoms with E-state index in [0.717, 1.165) is 21.4 Å². The third-order valence-electron chi connectivity index (χ3n) is 2.88. The molecular formula is C12H13BrN2O3. The van der Waals surface area contributed by atoms with Crippen LogP contribution in [0.4, 0.5) is 11.4 Å². The molecule has 1 aromatic rings. The molecule has 0 bridgehead atoms. The molecule has 1 aliphatic heterocycles. The van der Waals surface area contributed by atoms with Crippen molar-refractivity contribution in [2.24, 2.45) is 0 Å². The molecule has 1 heterocycles. The molecule has 96 valence electrons. The molecule has 1 amide bonds. The summed E-state index contributed by atoms with van der Waals surface area (Å²) in [6.07, 6.45) is -0.228. The van der Waals surface area contributed by atoms with Crippen molar-refractivity contribution < 1.29 is 14.7 Å². The first-order chi connectivity index (χ1) is 8.40. The standard InChI is InChI=1S/C12H13BrN2O3/c1-6-3-7(13)11-8(4-6)14-9(5-10(16)17)12(18)15(11)2/h3-4,9,14H,5H2,1-2H3,(H,16,17). The Morgan fingerprint density at radius 3 is 2.83 bits per heavy atom. The van der Waals surface area contributed by atoms with Gasteiger partial charge in [-0.2, -0.15) is 0 Å². The van der Waals surface area contributed by atoms with Gasteiger partial charge in [0.15, 0.2) is 0 Å². The smallest absolute Gasteiger partial charge is 0.305 e. The highest BCUT2D eigenvalue weighted by molar-refractivity contribution is 9.10. The van der Waals surface area contributed by atoms with Crippen molar-refractivity contribution in [2.75, 3.05) is 17.3 Å². The Hall–Kier alpha value is -1.56. The fourth-order valence-corrected chi connectivity index (χ4v) is 2.93. The number of benzene rings is 1. The molecule has 0 aromatic heterocycles. The maximum absolute atomic E-state index is 12.0. The molecule has 0 radical (unpaired) electrons. The number of carboxylic acid groups (broad SMARTS) is 1. The number of amides is 1. The zero-order valence-electron chi connectivity index (χ0n) is 10.0. The Bertz CT molecular complexity index is 530. The van der Waals surface area contributed by atoms with Crippen LogP contribution >= 0.6 is 15.9 Å². The largest absolute Gasteiger partial charge is 0.481 e. The van der Waals surface area contributed by atoms with Gasteiger partial charge in [-0.1, -0.05) is 0 Å². The maximum Gasteiger partial charge on any atom is 0.305 e. The number of likely N-dealkylation sites (N-methyl/N-ethyl adjacent to an activating group) is 1. The lowest BCUT2D eigenvalue weighted by molar-refractivity contribution is -0.138. The first-order valence-corrected chi connectivity index (χ1v) is 6.25. The average molecular weight is 313 g/mol. The van der Waals surface area contributed by atoms with E-state index >= 15 is 0 Å². The van der Waals surface area contributed by atoms with Crippen molar-refractivity contribution in [1.29, 1.82) is 0 Å². The summed E-state index contributed by atoms with van der Waals surface area (Å²) in [7, 11) is 1.65. The molecule has 1 aromatic carbocycles. The van der Waals surface area contributed by atoms with Crippen molar-refractivity contribution in [2.45, 2.75) is 19.4 Å². The fraction of sp³-hybridized carbons (Fsp3) is 0.333. The predicted octanol–water partition coefficient (Wildman–Crippen LogP) is 1.99. The molecular weight excluding hydrogens is 300 g/mol. The molecule has 2 N–H and O–H groups in total. The van der Waals surface area contributed by atoms with Crippen LogP contribution in [0.3, 0.4) is 0 Å². The predicted molar refractivity (Wildman–Crippen MR) is 72.0 cm³/mol. The number of rotatable bonds is 2. The van der Waals surface area contributed by atoms with Gasteiger partial charge in [0.2, 0.25) is 5.91 Å². The number of hydrogen-bond donors (Lipinski definition) is 2. The molecule has 2 rings (SSSR count). The topological polar surface area (TPSA) is 69.6 Å². The summed E-state index contributed by atoms with van der Waals surface area (Å²) in [5.41, 5.74) is 2.55. The summed E-state index contributed by atoms with van der Waals surface area (Å²) in [6.45, 7) is 1.94. The van der Waals surface area contributed by atoms with Crippen LogP contribution in [0.25, 0.3) is 0 Å². The monoisotopic (exact) mass is 312 g/mol. The van der Waals surface area contributed by atoms with Gasteiger partial charge in [-0.3, -0.25) is 9.59 Å². The van der Waals surface area contributed by atoms with E-state index in [2.05, 4.69) is 21.2 Å². The van der Waals surface area contributed by atoms with E-state index in [1.165, 1.54) is 4.90 Å². The number of carbonyl (C=O) groups excluding carboxylic acids is 1. The molecule has 1 atom stereocenters. The second-order valence-corrected chi connectivity index (χ2v) is 5.19. The minimum Gasteiger partial charge on any atom is -0.481 e. The Morgan fingerprint density at radius 1 is 1.56 bits per heavy atom. The second-order valence-electron chi connectivity index (χ2n) is 4.33. The van der Waals surface area contributed by atoms with Crippen LogP contribution in [0.15, 0.2) is 16.6 Å². The number of halogens is 1. The molecule has 18 heavy (non-hydrogen) atoms. The van der Waals surface area contributed by atoms with Gasteiger partial charge in [-0.05, 0) is 40.5 Å². The van der Waals surface area contributed by atoms with E-state index in [1.807, 2.05) is 19.1 Å². The summed E-state index contributed by atoms with van der Waals surface area (Å²) in [6, 6.07) is 3.10. The normalized spacial score (nSPS) is 18.3. The molecule has 1 aliphatic rings. The summed E-state index contributed by atoms with van der Waals surface area (Å²) >= 11 is 3.42. The minimum absolute atomic E-state index is 0.228. The van der Waals surface area contributed by atoms with Crippen molar-refractivity contribution in [1.82, 2.24) is 0 Å². The number of aliphatic carboxylic acids is 1. The van der Waals surface area contributed by atoms with Crippen molar-refractivity contribution in [3.63, 3.8) is 0 Å². The molecule has 0 fully saturated rings. The van der Waals surface area contributed by atoms with E-state index in [0.29, 0.717) is 0 Å². The highest BCUT2D eigenvalue weighted by Gasteiger charge is 2.32. The number of nitrogens with zero attached hydrogens (tertiary/aromatic N) is 1. The van der Waals surface area contributed by atoms with Crippen LogP contribution in [-0.4, -0.2) is 30.1 Å². The van der Waals surface area contributed by atoms with Crippen molar-refractivity contribution in [3.8, 4) is 0 Å². The SMILES string of the molecule is Cc1cc(Br)c2c(c1)NC(CC(=O)O)C(=O)N2C. The van der Waals surface area contributed by atoms with E-state index in [1.54, 1.807) is 7.05 Å². The molecule has 1 unspecified atom stereocenters. The van der Waals surface area contributed by atoms with E-state index in [4.69, 9.17) is 5.11 Å². The molecule has 0 saturated carbocycles. The maximum atomic E-state index is 12.0. The van der Waals surface area contributed by atoms with Gasteiger partial charge in [-0.15, -0.1) is 0 Å². The van der Waals surface area contributed by atoms with Crippen LogP contribution in [0.1, 0.15) is 12.0 Å². The number of aryl methyl sites for hydroxylation is 1. The minimum atomic E-state index is -0.996. The van der Waals surface area contributed by atoms with Gasteiger partial charge in [0.1, 0.15) is 6.04 Å². The number of hydrogen-bond acceptors (Lipinski definition) is 3. The highest BCUT2D eigenvalue weighted by atomic mass is 79.9. The fourth-order valence-electron chi connectivity index (χ4n) is 2.09. The average Bonchev–Trinajstić information content (AvgIpc) is 2.23. The van der Waals surface area contributed by atoms with E-state index < -0.39 is 12.0 Å².